The SMILES string of the molecule is CCCc1nn(-c2ccccc2)c(OC(C)=O)c1C(c1ccccc1)c1oc2ccccc2c1NS(=O)(=O)c1ccc(C)cc1. The molecular formula is C36H33N3O5S. The number of ether oxygens (including phenoxy) is 1. The molecule has 6 aromatic rings. The Morgan fingerprint density at radius 2 is 1.56 bits per heavy atom. The zero-order valence-electron chi connectivity index (χ0n) is 25.2. The maximum Gasteiger partial charge on any atom is 0.309 e. The smallest absolute Gasteiger partial charge is 0.309 e. The molecule has 1 unspecified atom stereocenters. The van der Waals surface area contributed by atoms with Crippen LogP contribution in [0.4, 0.5) is 5.69 Å². The lowest BCUT2D eigenvalue weighted by molar-refractivity contribution is -0.132. The minimum Gasteiger partial charge on any atom is -0.458 e. The molecule has 0 saturated carbocycles. The van der Waals surface area contributed by atoms with Crippen LogP contribution in [0.1, 0.15) is 54.3 Å². The van der Waals surface area contributed by atoms with Gasteiger partial charge in [0.1, 0.15) is 11.3 Å². The van der Waals surface area contributed by atoms with Gasteiger partial charge in [-0.15, -0.1) is 0 Å². The highest BCUT2D eigenvalue weighted by Crippen LogP contribution is 2.47. The first-order valence-corrected chi connectivity index (χ1v) is 16.3. The molecule has 228 valence electrons. The zero-order chi connectivity index (χ0) is 31.6. The standard InChI is InChI=1S/C36H33N3O5S/c1-4-13-30-33(36(43-25(3)40)39(37-30)27-16-9-6-10-17-27)32(26-14-7-5-8-15-26)35-34(29-18-11-12-19-31(29)44-35)38-45(41,42)28-22-20-24(2)21-23-28/h5-12,14-23,32,38H,4,13H2,1-3H3. The summed E-state index contributed by atoms with van der Waals surface area (Å²) in [5.74, 6) is -0.592. The number of sulfonamides is 1. The number of para-hydroxylation sites is 2. The fourth-order valence-electron chi connectivity index (χ4n) is 5.53. The second-order valence-corrected chi connectivity index (χ2v) is 12.5. The van der Waals surface area contributed by atoms with Crippen LogP contribution >= 0.6 is 0 Å². The molecule has 1 N–H and O–H groups in total. The van der Waals surface area contributed by atoms with Crippen LogP contribution in [0.25, 0.3) is 16.7 Å². The van der Waals surface area contributed by atoms with Crippen LogP contribution in [0.5, 0.6) is 5.88 Å². The van der Waals surface area contributed by atoms with E-state index in [0.29, 0.717) is 45.8 Å². The molecule has 0 aliphatic heterocycles. The van der Waals surface area contributed by atoms with E-state index in [0.717, 1.165) is 17.5 Å². The van der Waals surface area contributed by atoms with Gasteiger partial charge in [-0.2, -0.15) is 5.10 Å². The predicted molar refractivity (Wildman–Crippen MR) is 174 cm³/mol. The third kappa shape index (κ3) is 5.99. The number of aromatic nitrogens is 2. The first kappa shape index (κ1) is 29.9. The summed E-state index contributed by atoms with van der Waals surface area (Å²) >= 11 is 0. The molecule has 0 fully saturated rings. The number of rotatable bonds is 10. The van der Waals surface area contributed by atoms with Gasteiger partial charge in [0, 0.05) is 12.3 Å². The second kappa shape index (κ2) is 12.5. The molecule has 0 bridgehead atoms. The van der Waals surface area contributed by atoms with E-state index in [1.54, 1.807) is 35.0 Å². The number of esters is 1. The molecule has 0 aliphatic rings. The predicted octanol–water partition coefficient (Wildman–Crippen LogP) is 7.79. The van der Waals surface area contributed by atoms with Gasteiger partial charge >= 0.3 is 5.97 Å². The van der Waals surface area contributed by atoms with Crippen LogP contribution in [0, 0.1) is 6.92 Å². The van der Waals surface area contributed by atoms with Crippen molar-refractivity contribution in [2.45, 2.75) is 44.4 Å². The Morgan fingerprint density at radius 3 is 2.22 bits per heavy atom. The van der Waals surface area contributed by atoms with Crippen molar-refractivity contribution in [1.29, 1.82) is 0 Å². The van der Waals surface area contributed by atoms with E-state index in [-0.39, 0.29) is 10.8 Å². The maximum absolute atomic E-state index is 13.8. The average molecular weight is 620 g/mol. The van der Waals surface area contributed by atoms with E-state index in [4.69, 9.17) is 14.3 Å². The lowest BCUT2D eigenvalue weighted by Crippen LogP contribution is -2.16. The number of furan rings is 1. The Hall–Kier alpha value is -5.15. The second-order valence-electron chi connectivity index (χ2n) is 10.9. The summed E-state index contributed by atoms with van der Waals surface area (Å²) in [6.07, 6.45) is 1.35. The fourth-order valence-corrected chi connectivity index (χ4v) is 6.62. The molecule has 2 heterocycles. The fraction of sp³-hybridized carbons (Fsp3) is 0.167. The zero-order valence-corrected chi connectivity index (χ0v) is 26.0. The van der Waals surface area contributed by atoms with Crippen LogP contribution in [0.15, 0.2) is 119 Å². The highest BCUT2D eigenvalue weighted by Gasteiger charge is 2.35. The molecule has 6 rings (SSSR count). The van der Waals surface area contributed by atoms with Gasteiger partial charge in [0.2, 0.25) is 5.88 Å². The highest BCUT2D eigenvalue weighted by atomic mass is 32.2. The molecule has 4 aromatic carbocycles. The van der Waals surface area contributed by atoms with E-state index in [1.165, 1.54) is 6.92 Å². The maximum atomic E-state index is 13.8. The van der Waals surface area contributed by atoms with Crippen LogP contribution in [-0.4, -0.2) is 24.2 Å². The third-order valence-electron chi connectivity index (χ3n) is 7.56. The summed E-state index contributed by atoms with van der Waals surface area (Å²) in [5, 5.41) is 5.57. The van der Waals surface area contributed by atoms with Gasteiger partial charge in [0.05, 0.1) is 33.4 Å². The molecule has 0 amide bonds. The molecule has 0 saturated heterocycles. The van der Waals surface area contributed by atoms with Crippen molar-refractivity contribution in [3.63, 3.8) is 0 Å². The Balaban J connectivity index is 1.65. The molecule has 0 spiro atoms. The van der Waals surface area contributed by atoms with Gasteiger partial charge in [-0.3, -0.25) is 9.52 Å². The number of benzene rings is 4. The van der Waals surface area contributed by atoms with Gasteiger partial charge in [-0.05, 0) is 55.3 Å². The summed E-state index contributed by atoms with van der Waals surface area (Å²) < 4.78 is 44.7. The summed E-state index contributed by atoms with van der Waals surface area (Å²) in [7, 11) is -4.02. The summed E-state index contributed by atoms with van der Waals surface area (Å²) in [6.45, 7) is 5.31. The number of aryl methyl sites for hydroxylation is 2. The molecule has 1 atom stereocenters. The lowest BCUT2D eigenvalue weighted by Gasteiger charge is -2.20. The van der Waals surface area contributed by atoms with Gasteiger partial charge in [-0.25, -0.2) is 13.1 Å². The summed E-state index contributed by atoms with van der Waals surface area (Å²) in [5.41, 5.74) is 4.63. The normalized spacial score (nSPS) is 12.2. The number of nitrogens with one attached hydrogen (secondary N) is 1. The minimum absolute atomic E-state index is 0.129. The van der Waals surface area contributed by atoms with Crippen LogP contribution < -0.4 is 9.46 Å². The van der Waals surface area contributed by atoms with Crippen molar-refractivity contribution in [2.75, 3.05) is 4.72 Å². The van der Waals surface area contributed by atoms with Crippen molar-refractivity contribution in [3.8, 4) is 11.6 Å². The van der Waals surface area contributed by atoms with E-state index in [1.807, 2.05) is 85.8 Å². The number of hydrogen-bond donors (Lipinski definition) is 1. The number of anilines is 1. The number of nitrogens with zero attached hydrogens (tertiary/aromatic N) is 2. The Bertz CT molecular complexity index is 2070. The van der Waals surface area contributed by atoms with E-state index >= 15 is 0 Å². The first-order chi connectivity index (χ1) is 21.8. The number of fused-ring (bicyclic) bond motifs is 1. The molecule has 45 heavy (non-hydrogen) atoms. The summed E-state index contributed by atoms with van der Waals surface area (Å²) in [4.78, 5) is 12.7. The number of carbonyl (C=O) groups excluding carboxylic acids is 1. The van der Waals surface area contributed by atoms with Gasteiger partial charge in [-0.1, -0.05) is 91.7 Å². The van der Waals surface area contributed by atoms with Crippen molar-refractivity contribution < 1.29 is 22.4 Å². The van der Waals surface area contributed by atoms with Crippen molar-refractivity contribution in [3.05, 3.63) is 137 Å². The van der Waals surface area contributed by atoms with Crippen molar-refractivity contribution >= 4 is 32.6 Å². The average Bonchev–Trinajstić information content (AvgIpc) is 3.56. The first-order valence-electron chi connectivity index (χ1n) is 14.8. The van der Waals surface area contributed by atoms with E-state index < -0.39 is 21.9 Å². The number of carbonyl (C=O) groups is 1. The quantitative estimate of drug-likeness (QED) is 0.157. The third-order valence-corrected chi connectivity index (χ3v) is 8.92. The van der Waals surface area contributed by atoms with Gasteiger partial charge < -0.3 is 9.15 Å². The van der Waals surface area contributed by atoms with E-state index in [2.05, 4.69) is 11.6 Å². The molecular weight excluding hydrogens is 586 g/mol. The molecule has 0 radical (unpaired) electrons. The van der Waals surface area contributed by atoms with E-state index in [9.17, 15) is 13.2 Å². The van der Waals surface area contributed by atoms with Crippen molar-refractivity contribution in [1.82, 2.24) is 9.78 Å². The molecule has 0 aliphatic carbocycles. The van der Waals surface area contributed by atoms with Gasteiger partial charge in [0.25, 0.3) is 10.0 Å². The Morgan fingerprint density at radius 1 is 0.911 bits per heavy atom. The Labute approximate surface area is 262 Å². The lowest BCUT2D eigenvalue weighted by atomic mass is 9.87. The van der Waals surface area contributed by atoms with Crippen LogP contribution in [0.3, 0.4) is 0 Å². The molecule has 9 heteroatoms. The topological polar surface area (TPSA) is 103 Å². The Kier molecular flexibility index (Phi) is 8.28. The van der Waals surface area contributed by atoms with Crippen LogP contribution in [-0.2, 0) is 21.2 Å². The minimum atomic E-state index is -4.02. The highest BCUT2D eigenvalue weighted by molar-refractivity contribution is 7.92. The van der Waals surface area contributed by atoms with Gasteiger partial charge in [0.15, 0.2) is 0 Å². The molecule has 2 aromatic heterocycles. The van der Waals surface area contributed by atoms with Crippen LogP contribution in [0.2, 0.25) is 0 Å². The molecule has 8 nitrogen and oxygen atoms in total. The van der Waals surface area contributed by atoms with Crippen molar-refractivity contribution in [2.24, 2.45) is 0 Å². The number of hydrogen-bond acceptors (Lipinski definition) is 6. The summed E-state index contributed by atoms with van der Waals surface area (Å²) in [6, 6.07) is 33.1. The largest absolute Gasteiger partial charge is 0.458 e. The monoisotopic (exact) mass is 619 g/mol.